The van der Waals surface area contributed by atoms with E-state index in [0.717, 1.165) is 18.7 Å². The normalized spacial score (nSPS) is 19.9. The molecule has 2 heteroatoms. The molecule has 15 heavy (non-hydrogen) atoms. The first-order valence-electron chi connectivity index (χ1n) is 6.01. The van der Waals surface area contributed by atoms with Gasteiger partial charge in [-0.25, -0.2) is 0 Å². The molecule has 1 rings (SSSR count). The van der Waals surface area contributed by atoms with Gasteiger partial charge in [-0.15, -0.1) is 0 Å². The molecule has 86 valence electrons. The number of allylic oxidation sites excluding steroid dienone is 2. The van der Waals surface area contributed by atoms with Gasteiger partial charge in [-0.2, -0.15) is 0 Å². The molecule has 0 aromatic heterocycles. The molecule has 1 N–H and O–H groups in total. The van der Waals surface area contributed by atoms with Crippen LogP contribution in [0.5, 0.6) is 0 Å². The van der Waals surface area contributed by atoms with Crippen LogP contribution in [0.25, 0.3) is 0 Å². The van der Waals surface area contributed by atoms with E-state index in [2.05, 4.69) is 26.1 Å². The summed E-state index contributed by atoms with van der Waals surface area (Å²) in [6, 6.07) is 0. The summed E-state index contributed by atoms with van der Waals surface area (Å²) < 4.78 is 0. The summed E-state index contributed by atoms with van der Waals surface area (Å²) in [5.41, 5.74) is 1.27. The van der Waals surface area contributed by atoms with E-state index in [4.69, 9.17) is 0 Å². The van der Waals surface area contributed by atoms with Crippen molar-refractivity contribution in [1.82, 2.24) is 5.32 Å². The Bertz CT molecular complexity index is 253. The van der Waals surface area contributed by atoms with Crippen molar-refractivity contribution in [2.75, 3.05) is 6.54 Å². The number of rotatable bonds is 5. The zero-order valence-corrected chi connectivity index (χ0v) is 10.2. The maximum Gasteiger partial charge on any atom is 0.157 e. The van der Waals surface area contributed by atoms with Gasteiger partial charge < -0.3 is 5.32 Å². The van der Waals surface area contributed by atoms with Crippen LogP contribution in [0, 0.1) is 5.41 Å². The predicted molar refractivity (Wildman–Crippen MR) is 63.6 cm³/mol. The molecule has 1 aliphatic carbocycles. The van der Waals surface area contributed by atoms with Gasteiger partial charge in [0.15, 0.2) is 5.78 Å². The fourth-order valence-electron chi connectivity index (χ4n) is 2.08. The van der Waals surface area contributed by atoms with Gasteiger partial charge >= 0.3 is 0 Å². The lowest BCUT2D eigenvalue weighted by Crippen LogP contribution is -2.28. The molecule has 0 aliphatic heterocycles. The molecule has 0 bridgehead atoms. The highest BCUT2D eigenvalue weighted by atomic mass is 16.1. The second kappa shape index (κ2) is 5.34. The number of carbonyl (C=O) groups excluding carboxylic acids is 1. The molecule has 0 unspecified atom stereocenters. The molecule has 0 atom stereocenters. The summed E-state index contributed by atoms with van der Waals surface area (Å²) in [4.78, 5) is 11.5. The van der Waals surface area contributed by atoms with Gasteiger partial charge in [0.1, 0.15) is 0 Å². The monoisotopic (exact) mass is 209 g/mol. The Balaban J connectivity index is 2.37. The molecule has 2 nitrogen and oxygen atoms in total. The van der Waals surface area contributed by atoms with E-state index in [1.807, 2.05) is 0 Å². The van der Waals surface area contributed by atoms with Crippen molar-refractivity contribution in [1.29, 1.82) is 0 Å². The van der Waals surface area contributed by atoms with Crippen LogP contribution < -0.4 is 5.32 Å². The summed E-state index contributed by atoms with van der Waals surface area (Å²) in [6.45, 7) is 7.52. The van der Waals surface area contributed by atoms with Gasteiger partial charge in [0.25, 0.3) is 0 Å². The van der Waals surface area contributed by atoms with Gasteiger partial charge in [-0.1, -0.05) is 33.6 Å². The van der Waals surface area contributed by atoms with E-state index in [-0.39, 0.29) is 11.2 Å². The second-order valence-electron chi connectivity index (χ2n) is 5.29. The van der Waals surface area contributed by atoms with E-state index in [9.17, 15) is 4.79 Å². The Kier molecular flexibility index (Phi) is 4.37. The van der Waals surface area contributed by atoms with Crippen molar-refractivity contribution >= 4 is 5.78 Å². The maximum atomic E-state index is 11.5. The third kappa shape index (κ3) is 4.50. The van der Waals surface area contributed by atoms with E-state index < -0.39 is 0 Å². The molecule has 1 aliphatic rings. The summed E-state index contributed by atoms with van der Waals surface area (Å²) in [5.74, 6) is 0.268. The summed E-state index contributed by atoms with van der Waals surface area (Å²) in [6.07, 6.45) is 7.18. The summed E-state index contributed by atoms with van der Waals surface area (Å²) in [5, 5.41) is 3.38. The minimum Gasteiger partial charge on any atom is -0.388 e. The third-order valence-electron chi connectivity index (χ3n) is 2.79. The first-order valence-corrected chi connectivity index (χ1v) is 6.01. The van der Waals surface area contributed by atoms with Crippen LogP contribution in [0.4, 0.5) is 0 Å². The Morgan fingerprint density at radius 1 is 1.33 bits per heavy atom. The van der Waals surface area contributed by atoms with E-state index in [1.54, 1.807) is 6.08 Å². The highest BCUT2D eigenvalue weighted by molar-refractivity contribution is 5.91. The molecule has 0 radical (unpaired) electrons. The van der Waals surface area contributed by atoms with Crippen LogP contribution >= 0.6 is 0 Å². The van der Waals surface area contributed by atoms with Gasteiger partial charge in [0.2, 0.25) is 0 Å². The van der Waals surface area contributed by atoms with Crippen molar-refractivity contribution in [2.24, 2.45) is 5.41 Å². The molecule has 0 aromatic carbocycles. The van der Waals surface area contributed by atoms with Crippen LogP contribution in [0.2, 0.25) is 0 Å². The van der Waals surface area contributed by atoms with Gasteiger partial charge in [0, 0.05) is 24.7 Å². The zero-order chi connectivity index (χ0) is 11.3. The standard InChI is InChI=1S/C13H23NO/c1-4-5-6-7-14-11-8-12(15)10-13(2,3)9-11/h8,14H,4-7,9-10H2,1-3H3. The number of nitrogens with one attached hydrogen (secondary N) is 1. The van der Waals surface area contributed by atoms with Gasteiger partial charge in [-0.3, -0.25) is 4.79 Å². The Labute approximate surface area is 93.1 Å². The fourth-order valence-corrected chi connectivity index (χ4v) is 2.08. The maximum absolute atomic E-state index is 11.5. The predicted octanol–water partition coefficient (Wildman–Crippen LogP) is 3.04. The highest BCUT2D eigenvalue weighted by Crippen LogP contribution is 2.32. The Morgan fingerprint density at radius 2 is 2.07 bits per heavy atom. The Hall–Kier alpha value is -0.790. The van der Waals surface area contributed by atoms with Crippen LogP contribution in [0.1, 0.15) is 52.9 Å². The number of carbonyl (C=O) groups is 1. The van der Waals surface area contributed by atoms with Crippen molar-refractivity contribution < 1.29 is 4.79 Å². The molecule has 0 fully saturated rings. The number of hydrogen-bond acceptors (Lipinski definition) is 2. The minimum atomic E-state index is 0.138. The first-order chi connectivity index (χ1) is 7.03. The molecular weight excluding hydrogens is 186 g/mol. The quantitative estimate of drug-likeness (QED) is 0.705. The number of ketones is 1. The van der Waals surface area contributed by atoms with Crippen LogP contribution in [-0.2, 0) is 4.79 Å². The topological polar surface area (TPSA) is 29.1 Å². The highest BCUT2D eigenvalue weighted by Gasteiger charge is 2.27. The van der Waals surface area contributed by atoms with Gasteiger partial charge in [-0.05, 0) is 18.3 Å². The van der Waals surface area contributed by atoms with E-state index in [1.165, 1.54) is 19.3 Å². The van der Waals surface area contributed by atoms with Crippen LogP contribution in [0.15, 0.2) is 11.8 Å². The number of unbranched alkanes of at least 4 members (excludes halogenated alkanes) is 2. The molecule has 0 heterocycles. The van der Waals surface area contributed by atoms with E-state index in [0.29, 0.717) is 6.42 Å². The second-order valence-corrected chi connectivity index (χ2v) is 5.29. The fraction of sp³-hybridized carbons (Fsp3) is 0.769. The molecule has 0 spiro atoms. The molecule has 0 saturated heterocycles. The molecular formula is C13H23NO. The largest absolute Gasteiger partial charge is 0.388 e. The lowest BCUT2D eigenvalue weighted by atomic mass is 9.79. The minimum absolute atomic E-state index is 0.138. The SMILES string of the molecule is CCCCCNC1=CC(=O)CC(C)(C)C1. The smallest absolute Gasteiger partial charge is 0.157 e. The average Bonchev–Trinajstić information content (AvgIpc) is 2.09. The third-order valence-corrected chi connectivity index (χ3v) is 2.79. The molecule has 0 amide bonds. The molecule has 0 aromatic rings. The lowest BCUT2D eigenvalue weighted by molar-refractivity contribution is -0.117. The van der Waals surface area contributed by atoms with Crippen LogP contribution in [0.3, 0.4) is 0 Å². The number of hydrogen-bond donors (Lipinski definition) is 1. The average molecular weight is 209 g/mol. The zero-order valence-electron chi connectivity index (χ0n) is 10.2. The summed E-state index contributed by atoms with van der Waals surface area (Å²) >= 11 is 0. The van der Waals surface area contributed by atoms with Crippen molar-refractivity contribution in [2.45, 2.75) is 52.9 Å². The van der Waals surface area contributed by atoms with E-state index >= 15 is 0 Å². The van der Waals surface area contributed by atoms with Crippen molar-refractivity contribution in [3.63, 3.8) is 0 Å². The van der Waals surface area contributed by atoms with Gasteiger partial charge in [0.05, 0.1) is 0 Å². The molecule has 0 saturated carbocycles. The first kappa shape index (κ1) is 12.3. The van der Waals surface area contributed by atoms with Crippen LogP contribution in [-0.4, -0.2) is 12.3 Å². The lowest BCUT2D eigenvalue weighted by Gasteiger charge is -2.29. The summed E-state index contributed by atoms with van der Waals surface area (Å²) in [7, 11) is 0. The Morgan fingerprint density at radius 3 is 2.67 bits per heavy atom. The van der Waals surface area contributed by atoms with Crippen molar-refractivity contribution in [3.8, 4) is 0 Å². The van der Waals surface area contributed by atoms with Crippen molar-refractivity contribution in [3.05, 3.63) is 11.8 Å².